The quantitative estimate of drug-likeness (QED) is 0.597. The summed E-state index contributed by atoms with van der Waals surface area (Å²) in [5.74, 6) is 1.49. The minimum absolute atomic E-state index is 0.0640. The summed E-state index contributed by atoms with van der Waals surface area (Å²) in [6.07, 6.45) is 1.57. The Morgan fingerprint density at radius 2 is 1.88 bits per heavy atom. The van der Waals surface area contributed by atoms with Crippen molar-refractivity contribution in [3.05, 3.63) is 64.8 Å². The summed E-state index contributed by atoms with van der Waals surface area (Å²) in [5.41, 5.74) is 4.30. The van der Waals surface area contributed by atoms with Gasteiger partial charge in [0.25, 0.3) is 0 Å². The summed E-state index contributed by atoms with van der Waals surface area (Å²) >= 11 is 0. The molecule has 0 saturated carbocycles. The minimum Gasteiger partial charge on any atom is -0.496 e. The molecule has 0 radical (unpaired) electrons. The number of hydrogen-bond acceptors (Lipinski definition) is 5. The van der Waals surface area contributed by atoms with Gasteiger partial charge in [0, 0.05) is 31.0 Å². The first-order valence-corrected chi connectivity index (χ1v) is 11.5. The first-order chi connectivity index (χ1) is 15.7. The molecular formula is C27H31N3O3. The molecule has 172 valence electrons. The number of nitrogens with one attached hydrogen (secondary N) is 1. The zero-order valence-electron chi connectivity index (χ0n) is 20.0. The van der Waals surface area contributed by atoms with Gasteiger partial charge in [0.05, 0.1) is 12.7 Å². The highest BCUT2D eigenvalue weighted by Gasteiger charge is 2.47. The van der Waals surface area contributed by atoms with Gasteiger partial charge in [-0.25, -0.2) is 0 Å². The molecule has 1 saturated heterocycles. The fourth-order valence-corrected chi connectivity index (χ4v) is 5.19. The van der Waals surface area contributed by atoms with Gasteiger partial charge in [0.2, 0.25) is 5.78 Å². The summed E-state index contributed by atoms with van der Waals surface area (Å²) in [6, 6.07) is 13.7. The van der Waals surface area contributed by atoms with Crippen LogP contribution in [0.15, 0.2) is 42.5 Å². The minimum atomic E-state index is -0.566. The number of methoxy groups -OCH3 is 1. The van der Waals surface area contributed by atoms with Crippen molar-refractivity contribution in [2.75, 3.05) is 20.2 Å². The predicted octanol–water partition coefficient (Wildman–Crippen LogP) is 4.60. The van der Waals surface area contributed by atoms with E-state index < -0.39 is 5.60 Å². The molecule has 0 unspecified atom stereocenters. The van der Waals surface area contributed by atoms with Gasteiger partial charge in [0.15, 0.2) is 0 Å². The number of rotatable bonds is 3. The van der Waals surface area contributed by atoms with Gasteiger partial charge in [-0.15, -0.1) is 0 Å². The van der Waals surface area contributed by atoms with Crippen molar-refractivity contribution >= 4 is 5.78 Å². The zero-order valence-corrected chi connectivity index (χ0v) is 20.0. The molecule has 1 spiro atoms. The van der Waals surface area contributed by atoms with Crippen LogP contribution in [0.1, 0.15) is 60.8 Å². The van der Waals surface area contributed by atoms with Crippen LogP contribution in [0.5, 0.6) is 11.5 Å². The van der Waals surface area contributed by atoms with E-state index in [-0.39, 0.29) is 11.2 Å². The summed E-state index contributed by atoms with van der Waals surface area (Å²) in [6.45, 7) is 8.08. The first-order valence-electron chi connectivity index (χ1n) is 11.5. The van der Waals surface area contributed by atoms with Gasteiger partial charge < -0.3 is 14.8 Å². The van der Waals surface area contributed by atoms with E-state index in [1.165, 1.54) is 0 Å². The standard InChI is InChI=1S/C27H31N3O3/c1-26(2,3)19-11-10-17(16-21(19)32-5)25(31)24-22-23(29-30(24)4)18-8-6-7-9-20(18)33-27(22)12-14-28-15-13-27/h6-11,16,28H,12-15H2,1-5H3. The van der Waals surface area contributed by atoms with Crippen LogP contribution in [-0.2, 0) is 18.1 Å². The van der Waals surface area contributed by atoms with Crippen molar-refractivity contribution in [2.45, 2.75) is 44.6 Å². The SMILES string of the molecule is COc1cc(C(=O)c2c3c(nn2C)-c2ccccc2OC32CCNCC2)ccc1C(C)(C)C. The topological polar surface area (TPSA) is 65.4 Å². The van der Waals surface area contributed by atoms with Gasteiger partial charge in [-0.05, 0) is 42.3 Å². The summed E-state index contributed by atoms with van der Waals surface area (Å²) in [7, 11) is 3.50. The molecule has 1 aromatic heterocycles. The maximum Gasteiger partial charge on any atom is 0.211 e. The number of piperidine rings is 1. The Labute approximate surface area is 194 Å². The van der Waals surface area contributed by atoms with Crippen molar-refractivity contribution < 1.29 is 14.3 Å². The smallest absolute Gasteiger partial charge is 0.211 e. The van der Waals surface area contributed by atoms with Crippen LogP contribution < -0.4 is 14.8 Å². The normalized spacial score (nSPS) is 16.6. The molecule has 2 aromatic carbocycles. The lowest BCUT2D eigenvalue weighted by atomic mass is 9.78. The van der Waals surface area contributed by atoms with Gasteiger partial charge in [-0.2, -0.15) is 5.10 Å². The largest absolute Gasteiger partial charge is 0.496 e. The number of hydrogen-bond donors (Lipinski definition) is 1. The molecule has 1 N–H and O–H groups in total. The molecule has 3 aromatic rings. The number of ketones is 1. The third-order valence-corrected chi connectivity index (χ3v) is 6.85. The van der Waals surface area contributed by atoms with E-state index in [2.05, 4.69) is 26.1 Å². The van der Waals surface area contributed by atoms with E-state index in [1.54, 1.807) is 11.8 Å². The first kappa shape index (κ1) is 21.7. The number of benzene rings is 2. The highest BCUT2D eigenvalue weighted by atomic mass is 16.5. The Kier molecular flexibility index (Phi) is 5.09. The lowest BCUT2D eigenvalue weighted by molar-refractivity contribution is 0.0298. The second-order valence-corrected chi connectivity index (χ2v) is 10.0. The average Bonchev–Trinajstić information content (AvgIpc) is 3.16. The van der Waals surface area contributed by atoms with Crippen LogP contribution in [0.3, 0.4) is 0 Å². The van der Waals surface area contributed by atoms with Crippen LogP contribution in [0.2, 0.25) is 0 Å². The monoisotopic (exact) mass is 445 g/mol. The number of aryl methyl sites for hydroxylation is 1. The van der Waals surface area contributed by atoms with E-state index in [9.17, 15) is 4.79 Å². The molecule has 2 aliphatic rings. The molecule has 1 fully saturated rings. The Hall–Kier alpha value is -3.12. The molecule has 0 aliphatic carbocycles. The van der Waals surface area contributed by atoms with Crippen LogP contribution >= 0.6 is 0 Å². The van der Waals surface area contributed by atoms with Gasteiger partial charge in [-0.1, -0.05) is 45.0 Å². The van der Waals surface area contributed by atoms with E-state index in [1.807, 2.05) is 49.5 Å². The highest BCUT2D eigenvalue weighted by molar-refractivity contribution is 6.10. The van der Waals surface area contributed by atoms with Gasteiger partial charge in [-0.3, -0.25) is 9.48 Å². The van der Waals surface area contributed by atoms with Crippen molar-refractivity contribution in [3.8, 4) is 22.8 Å². The lowest BCUT2D eigenvalue weighted by Gasteiger charge is -2.41. The Morgan fingerprint density at radius 1 is 1.15 bits per heavy atom. The average molecular weight is 446 g/mol. The highest BCUT2D eigenvalue weighted by Crippen LogP contribution is 2.50. The molecule has 6 nitrogen and oxygen atoms in total. The number of carbonyl (C=O) groups excluding carboxylic acids is 1. The van der Waals surface area contributed by atoms with E-state index in [4.69, 9.17) is 14.6 Å². The molecule has 0 bridgehead atoms. The summed E-state index contributed by atoms with van der Waals surface area (Å²) in [5, 5.41) is 8.28. The number of para-hydroxylation sites is 1. The van der Waals surface area contributed by atoms with Gasteiger partial charge in [0.1, 0.15) is 28.5 Å². The Bertz CT molecular complexity index is 1230. The summed E-state index contributed by atoms with van der Waals surface area (Å²) < 4.78 is 14.1. The molecule has 0 atom stereocenters. The molecule has 0 amide bonds. The second-order valence-electron chi connectivity index (χ2n) is 10.0. The van der Waals surface area contributed by atoms with Gasteiger partial charge >= 0.3 is 0 Å². The lowest BCUT2D eigenvalue weighted by Crippen LogP contribution is -2.46. The fourth-order valence-electron chi connectivity index (χ4n) is 5.19. The number of nitrogens with zero attached hydrogens (tertiary/aromatic N) is 2. The molecule has 2 aliphatic heterocycles. The number of aromatic nitrogens is 2. The Balaban J connectivity index is 1.69. The molecule has 5 rings (SSSR count). The van der Waals surface area contributed by atoms with Crippen LogP contribution in [-0.4, -0.2) is 35.8 Å². The van der Waals surface area contributed by atoms with Crippen molar-refractivity contribution in [3.63, 3.8) is 0 Å². The second kappa shape index (κ2) is 7.73. The van der Waals surface area contributed by atoms with Crippen molar-refractivity contribution in [1.29, 1.82) is 0 Å². The number of ether oxygens (including phenoxy) is 2. The Morgan fingerprint density at radius 3 is 2.58 bits per heavy atom. The van der Waals surface area contributed by atoms with Crippen molar-refractivity contribution in [2.24, 2.45) is 7.05 Å². The third kappa shape index (κ3) is 3.44. The van der Waals surface area contributed by atoms with Crippen molar-refractivity contribution in [1.82, 2.24) is 15.1 Å². The molecular weight excluding hydrogens is 414 g/mol. The predicted molar refractivity (Wildman–Crippen MR) is 128 cm³/mol. The molecule has 6 heteroatoms. The summed E-state index contributed by atoms with van der Waals surface area (Å²) in [4.78, 5) is 14.0. The molecule has 33 heavy (non-hydrogen) atoms. The fraction of sp³-hybridized carbons (Fsp3) is 0.407. The van der Waals surface area contributed by atoms with Crippen LogP contribution in [0, 0.1) is 0 Å². The zero-order chi connectivity index (χ0) is 23.4. The van der Waals surface area contributed by atoms with E-state index in [0.717, 1.165) is 59.8 Å². The van der Waals surface area contributed by atoms with Crippen LogP contribution in [0.25, 0.3) is 11.3 Å². The van der Waals surface area contributed by atoms with E-state index in [0.29, 0.717) is 11.3 Å². The maximum absolute atomic E-state index is 14.0. The third-order valence-electron chi connectivity index (χ3n) is 6.85. The number of carbonyl (C=O) groups is 1. The maximum atomic E-state index is 14.0. The number of fused-ring (bicyclic) bond motifs is 4. The van der Waals surface area contributed by atoms with E-state index >= 15 is 0 Å². The molecule has 3 heterocycles. The van der Waals surface area contributed by atoms with Crippen LogP contribution in [0.4, 0.5) is 0 Å².